The van der Waals surface area contributed by atoms with Gasteiger partial charge in [0, 0.05) is 21.2 Å². The van der Waals surface area contributed by atoms with E-state index >= 15 is 0 Å². The fraction of sp³-hybridized carbons (Fsp3) is 0.154. The van der Waals surface area contributed by atoms with Crippen LogP contribution in [-0.4, -0.2) is 15.7 Å². The standard InChI is InChI=1S/C26H22Cl3N3O2/c1-16-25(17(2)32(31-16)14-20-21(27)10-6-11-22(20)28)30-26(33)19-8-5-7-18(13-19)15-34-24-12-4-3-9-23(24)29/h3-13H,14-15H2,1-2H3,(H,30,33). The van der Waals surface area contributed by atoms with E-state index in [2.05, 4.69) is 10.4 Å². The van der Waals surface area contributed by atoms with Gasteiger partial charge in [0.15, 0.2) is 0 Å². The van der Waals surface area contributed by atoms with E-state index < -0.39 is 0 Å². The third kappa shape index (κ3) is 5.39. The van der Waals surface area contributed by atoms with Crippen LogP contribution in [-0.2, 0) is 13.2 Å². The number of nitrogens with zero attached hydrogens (tertiary/aromatic N) is 2. The van der Waals surface area contributed by atoms with Crippen molar-refractivity contribution in [1.82, 2.24) is 9.78 Å². The Morgan fingerprint density at radius 1 is 0.941 bits per heavy atom. The first kappa shape index (κ1) is 24.1. The van der Waals surface area contributed by atoms with Crippen LogP contribution < -0.4 is 10.1 Å². The van der Waals surface area contributed by atoms with E-state index in [1.165, 1.54) is 0 Å². The Hall–Kier alpha value is -2.99. The van der Waals surface area contributed by atoms with Crippen LogP contribution in [0.3, 0.4) is 0 Å². The molecule has 0 bridgehead atoms. The molecular weight excluding hydrogens is 493 g/mol. The highest BCUT2D eigenvalue weighted by Crippen LogP contribution is 2.28. The third-order valence-corrected chi connectivity index (χ3v) is 6.43. The summed E-state index contributed by atoms with van der Waals surface area (Å²) >= 11 is 18.8. The first-order valence-corrected chi connectivity index (χ1v) is 11.7. The second-order valence-corrected chi connectivity index (χ2v) is 9.00. The molecule has 0 saturated carbocycles. The highest BCUT2D eigenvalue weighted by molar-refractivity contribution is 6.36. The number of hydrogen-bond donors (Lipinski definition) is 1. The van der Waals surface area contributed by atoms with E-state index in [1.807, 2.05) is 38.1 Å². The summed E-state index contributed by atoms with van der Waals surface area (Å²) in [6, 6.07) is 19.9. The van der Waals surface area contributed by atoms with E-state index in [1.54, 1.807) is 47.1 Å². The van der Waals surface area contributed by atoms with Crippen molar-refractivity contribution >= 4 is 46.4 Å². The molecule has 8 heteroatoms. The van der Waals surface area contributed by atoms with Crippen LogP contribution in [0.5, 0.6) is 5.75 Å². The second kappa shape index (κ2) is 10.5. The van der Waals surface area contributed by atoms with Crippen LogP contribution in [0.25, 0.3) is 0 Å². The average molecular weight is 515 g/mol. The van der Waals surface area contributed by atoms with Gasteiger partial charge >= 0.3 is 0 Å². The Morgan fingerprint density at radius 2 is 1.62 bits per heavy atom. The van der Waals surface area contributed by atoms with E-state index in [9.17, 15) is 4.79 Å². The normalized spacial score (nSPS) is 10.9. The van der Waals surface area contributed by atoms with Crippen molar-refractivity contribution < 1.29 is 9.53 Å². The Balaban J connectivity index is 1.49. The zero-order valence-electron chi connectivity index (χ0n) is 18.6. The topological polar surface area (TPSA) is 56.2 Å². The zero-order valence-corrected chi connectivity index (χ0v) is 20.9. The largest absolute Gasteiger partial charge is 0.487 e. The van der Waals surface area contributed by atoms with Gasteiger partial charge in [0.2, 0.25) is 0 Å². The minimum Gasteiger partial charge on any atom is -0.487 e. The number of nitrogens with one attached hydrogen (secondary N) is 1. The smallest absolute Gasteiger partial charge is 0.255 e. The molecule has 1 heterocycles. The summed E-state index contributed by atoms with van der Waals surface area (Å²) < 4.78 is 7.58. The van der Waals surface area contributed by atoms with Crippen molar-refractivity contribution in [1.29, 1.82) is 0 Å². The van der Waals surface area contributed by atoms with Crippen LogP contribution in [0.4, 0.5) is 5.69 Å². The van der Waals surface area contributed by atoms with E-state index in [-0.39, 0.29) is 5.91 Å². The molecule has 5 nitrogen and oxygen atoms in total. The maximum absolute atomic E-state index is 13.0. The van der Waals surface area contributed by atoms with E-state index in [4.69, 9.17) is 39.5 Å². The molecule has 0 radical (unpaired) electrons. The Bertz CT molecular complexity index is 1330. The predicted octanol–water partition coefficient (Wildman–Crippen LogP) is 7.34. The Kier molecular flexibility index (Phi) is 7.47. The number of anilines is 1. The number of benzene rings is 3. The van der Waals surface area contributed by atoms with Gasteiger partial charge in [-0.3, -0.25) is 9.48 Å². The minimum atomic E-state index is -0.235. The first-order valence-electron chi connectivity index (χ1n) is 10.6. The summed E-state index contributed by atoms with van der Waals surface area (Å²) in [5, 5.41) is 9.25. The molecule has 4 aromatic rings. The number of carbonyl (C=O) groups is 1. The second-order valence-electron chi connectivity index (χ2n) is 7.78. The van der Waals surface area contributed by atoms with Gasteiger partial charge in [-0.05, 0) is 55.8 Å². The van der Waals surface area contributed by atoms with Crippen molar-refractivity contribution in [3.63, 3.8) is 0 Å². The fourth-order valence-corrected chi connectivity index (χ4v) is 4.28. The number of carbonyl (C=O) groups excluding carboxylic acids is 1. The minimum absolute atomic E-state index is 0.235. The first-order chi connectivity index (χ1) is 16.3. The van der Waals surface area contributed by atoms with Crippen molar-refractivity contribution in [3.8, 4) is 5.75 Å². The molecule has 3 aromatic carbocycles. The molecule has 0 fully saturated rings. The molecule has 4 rings (SSSR count). The monoisotopic (exact) mass is 513 g/mol. The number of ether oxygens (including phenoxy) is 1. The van der Waals surface area contributed by atoms with Crippen LogP contribution in [0.15, 0.2) is 66.7 Å². The summed E-state index contributed by atoms with van der Waals surface area (Å²) in [7, 11) is 0. The Labute approximate surface area is 213 Å². The summed E-state index contributed by atoms with van der Waals surface area (Å²) in [6.45, 7) is 4.44. The highest BCUT2D eigenvalue weighted by Gasteiger charge is 2.17. The summed E-state index contributed by atoms with van der Waals surface area (Å²) in [4.78, 5) is 13.0. The molecular formula is C26H22Cl3N3O2. The van der Waals surface area contributed by atoms with Gasteiger partial charge in [0.05, 0.1) is 28.6 Å². The molecule has 1 aromatic heterocycles. The summed E-state index contributed by atoms with van der Waals surface area (Å²) in [5.74, 6) is 0.359. The molecule has 1 amide bonds. The molecule has 0 aliphatic rings. The van der Waals surface area contributed by atoms with Crippen LogP contribution in [0.1, 0.15) is 32.9 Å². The SMILES string of the molecule is Cc1nn(Cc2c(Cl)cccc2Cl)c(C)c1NC(=O)c1cccc(COc2ccccc2Cl)c1. The quantitative estimate of drug-likeness (QED) is 0.281. The average Bonchev–Trinajstić information content (AvgIpc) is 3.08. The van der Waals surface area contributed by atoms with Gasteiger partial charge in [-0.25, -0.2) is 0 Å². The molecule has 0 aliphatic heterocycles. The molecule has 174 valence electrons. The molecule has 0 spiro atoms. The lowest BCUT2D eigenvalue weighted by Crippen LogP contribution is -2.14. The molecule has 0 unspecified atom stereocenters. The maximum Gasteiger partial charge on any atom is 0.255 e. The molecule has 0 aliphatic carbocycles. The van der Waals surface area contributed by atoms with E-state index in [0.717, 1.165) is 16.8 Å². The van der Waals surface area contributed by atoms with Crippen LogP contribution in [0.2, 0.25) is 15.1 Å². The lowest BCUT2D eigenvalue weighted by Gasteiger charge is -2.11. The van der Waals surface area contributed by atoms with Gasteiger partial charge in [-0.1, -0.05) is 65.1 Å². The number of amides is 1. The van der Waals surface area contributed by atoms with Crippen molar-refractivity contribution in [2.45, 2.75) is 27.0 Å². The van der Waals surface area contributed by atoms with Gasteiger partial charge in [0.1, 0.15) is 12.4 Å². The number of para-hydroxylation sites is 1. The van der Waals surface area contributed by atoms with Crippen LogP contribution >= 0.6 is 34.8 Å². The van der Waals surface area contributed by atoms with Gasteiger partial charge < -0.3 is 10.1 Å². The van der Waals surface area contributed by atoms with Gasteiger partial charge in [-0.15, -0.1) is 0 Å². The number of aromatic nitrogens is 2. The number of rotatable bonds is 7. The summed E-state index contributed by atoms with van der Waals surface area (Å²) in [5.41, 5.74) is 4.31. The third-order valence-electron chi connectivity index (χ3n) is 5.41. The Morgan fingerprint density at radius 3 is 2.35 bits per heavy atom. The summed E-state index contributed by atoms with van der Waals surface area (Å²) in [6.07, 6.45) is 0. The van der Waals surface area contributed by atoms with Crippen LogP contribution in [0, 0.1) is 13.8 Å². The lowest BCUT2D eigenvalue weighted by molar-refractivity contribution is 0.102. The molecule has 0 atom stereocenters. The number of hydrogen-bond acceptors (Lipinski definition) is 3. The molecule has 34 heavy (non-hydrogen) atoms. The zero-order chi connectivity index (χ0) is 24.2. The van der Waals surface area contributed by atoms with Crippen molar-refractivity contribution in [3.05, 3.63) is 110 Å². The van der Waals surface area contributed by atoms with Crippen molar-refractivity contribution in [2.75, 3.05) is 5.32 Å². The van der Waals surface area contributed by atoms with Gasteiger partial charge in [-0.2, -0.15) is 5.10 Å². The number of aryl methyl sites for hydroxylation is 1. The number of halogens is 3. The maximum atomic E-state index is 13.0. The fourth-order valence-electron chi connectivity index (χ4n) is 3.58. The van der Waals surface area contributed by atoms with Gasteiger partial charge in [0.25, 0.3) is 5.91 Å². The van der Waals surface area contributed by atoms with Crippen molar-refractivity contribution in [2.24, 2.45) is 0 Å². The predicted molar refractivity (Wildman–Crippen MR) is 137 cm³/mol. The van der Waals surface area contributed by atoms with E-state index in [0.29, 0.717) is 50.9 Å². The lowest BCUT2D eigenvalue weighted by atomic mass is 10.1. The highest BCUT2D eigenvalue weighted by atomic mass is 35.5. The molecule has 1 N–H and O–H groups in total. The molecule has 0 saturated heterocycles.